The SMILES string of the molecule is CN.Cl.O=C1COc2ccc(CNC(=O)c3nc4sc5c(c4c(=O)[nH]3)C(C(=O)O)CCCC5)cc2N1. The van der Waals surface area contributed by atoms with Gasteiger partial charge in [0.05, 0.1) is 17.0 Å². The van der Waals surface area contributed by atoms with Crippen LogP contribution in [-0.4, -0.2) is 46.5 Å². The van der Waals surface area contributed by atoms with Crippen molar-refractivity contribution in [2.45, 2.75) is 38.1 Å². The van der Waals surface area contributed by atoms with Crippen LogP contribution in [0.5, 0.6) is 5.75 Å². The molecule has 1 aromatic carbocycles. The summed E-state index contributed by atoms with van der Waals surface area (Å²) < 4.78 is 5.32. The van der Waals surface area contributed by atoms with E-state index in [0.29, 0.717) is 34.7 Å². The number of rotatable bonds is 4. The number of aryl methyl sites for hydroxylation is 1. The number of hydrogen-bond acceptors (Lipinski definition) is 8. The molecule has 2 aromatic heterocycles. The number of halogens is 1. The van der Waals surface area contributed by atoms with E-state index >= 15 is 0 Å². The lowest BCUT2D eigenvalue weighted by Gasteiger charge is -2.18. The van der Waals surface area contributed by atoms with Gasteiger partial charge in [-0.05, 0) is 49.6 Å². The Kier molecular flexibility index (Phi) is 8.66. The molecule has 36 heavy (non-hydrogen) atoms. The van der Waals surface area contributed by atoms with Crippen molar-refractivity contribution in [2.24, 2.45) is 5.73 Å². The Labute approximate surface area is 215 Å². The van der Waals surface area contributed by atoms with Crippen molar-refractivity contribution >= 4 is 57.4 Å². The average Bonchev–Trinajstić information content (AvgIpc) is 3.08. The molecule has 1 atom stereocenters. The van der Waals surface area contributed by atoms with Crippen LogP contribution in [0.15, 0.2) is 23.0 Å². The minimum absolute atomic E-state index is 0. The summed E-state index contributed by atoms with van der Waals surface area (Å²) >= 11 is 1.28. The van der Waals surface area contributed by atoms with Crippen LogP contribution >= 0.6 is 23.7 Å². The monoisotopic (exact) mass is 535 g/mol. The third-order valence-electron chi connectivity index (χ3n) is 5.81. The summed E-state index contributed by atoms with van der Waals surface area (Å²) in [6.45, 7) is 0.107. The first-order valence-corrected chi connectivity index (χ1v) is 11.9. The van der Waals surface area contributed by atoms with Gasteiger partial charge in [-0.3, -0.25) is 19.2 Å². The number of carbonyl (C=O) groups is 3. The summed E-state index contributed by atoms with van der Waals surface area (Å²) in [4.78, 5) is 56.9. The van der Waals surface area contributed by atoms with Crippen molar-refractivity contribution in [2.75, 3.05) is 19.0 Å². The predicted octanol–water partition coefficient (Wildman–Crippen LogP) is 2.14. The second-order valence-electron chi connectivity index (χ2n) is 8.02. The molecule has 1 aliphatic carbocycles. The number of aromatic nitrogens is 2. The largest absolute Gasteiger partial charge is 0.482 e. The molecule has 5 rings (SSSR count). The van der Waals surface area contributed by atoms with Crippen LogP contribution in [0.2, 0.25) is 0 Å². The van der Waals surface area contributed by atoms with Crippen molar-refractivity contribution in [3.63, 3.8) is 0 Å². The number of amides is 2. The first-order valence-electron chi connectivity index (χ1n) is 11.1. The Balaban J connectivity index is 0.00000117. The van der Waals surface area contributed by atoms with E-state index in [1.807, 2.05) is 0 Å². The molecular formula is C23H26ClN5O6S. The quantitative estimate of drug-likeness (QED) is 0.315. The first-order chi connectivity index (χ1) is 16.9. The number of aromatic amines is 1. The molecule has 3 heterocycles. The van der Waals surface area contributed by atoms with E-state index in [9.17, 15) is 24.3 Å². The lowest BCUT2D eigenvalue weighted by Crippen LogP contribution is -2.28. The number of carboxylic acids is 1. The Morgan fingerprint density at radius 2 is 2.06 bits per heavy atom. The van der Waals surface area contributed by atoms with Crippen molar-refractivity contribution in [3.05, 3.63) is 50.4 Å². The van der Waals surface area contributed by atoms with Gasteiger partial charge in [0.15, 0.2) is 6.61 Å². The van der Waals surface area contributed by atoms with Gasteiger partial charge in [0.2, 0.25) is 5.82 Å². The van der Waals surface area contributed by atoms with E-state index in [-0.39, 0.29) is 42.7 Å². The minimum atomic E-state index is -0.953. The Bertz CT molecular complexity index is 1370. The van der Waals surface area contributed by atoms with Gasteiger partial charge in [-0.25, -0.2) is 4.98 Å². The molecule has 6 N–H and O–H groups in total. The molecule has 0 saturated carbocycles. The lowest BCUT2D eigenvalue weighted by molar-refractivity contribution is -0.139. The van der Waals surface area contributed by atoms with Crippen LogP contribution in [0, 0.1) is 0 Å². The third-order valence-corrected chi connectivity index (χ3v) is 6.97. The molecule has 192 valence electrons. The molecule has 2 amide bonds. The molecule has 1 aliphatic heterocycles. The smallest absolute Gasteiger partial charge is 0.311 e. The van der Waals surface area contributed by atoms with E-state index in [4.69, 9.17) is 4.74 Å². The van der Waals surface area contributed by atoms with E-state index in [1.54, 1.807) is 18.2 Å². The molecule has 0 bridgehead atoms. The number of carbonyl (C=O) groups excluding carboxylic acids is 2. The topological polar surface area (TPSA) is 176 Å². The maximum absolute atomic E-state index is 12.9. The highest BCUT2D eigenvalue weighted by atomic mass is 35.5. The fraction of sp³-hybridized carbons (Fsp3) is 0.348. The van der Waals surface area contributed by atoms with Gasteiger partial charge in [-0.15, -0.1) is 23.7 Å². The van der Waals surface area contributed by atoms with Crippen molar-refractivity contribution < 1.29 is 24.2 Å². The summed E-state index contributed by atoms with van der Waals surface area (Å²) in [7, 11) is 1.50. The molecule has 1 unspecified atom stereocenters. The highest BCUT2D eigenvalue weighted by molar-refractivity contribution is 7.18. The number of nitrogens with one attached hydrogen (secondary N) is 3. The minimum Gasteiger partial charge on any atom is -0.482 e. The van der Waals surface area contributed by atoms with Crippen molar-refractivity contribution in [1.29, 1.82) is 0 Å². The number of nitrogens with zero attached hydrogens (tertiary/aromatic N) is 1. The second-order valence-corrected chi connectivity index (χ2v) is 9.10. The van der Waals surface area contributed by atoms with E-state index in [1.165, 1.54) is 18.4 Å². The molecule has 0 saturated heterocycles. The van der Waals surface area contributed by atoms with Crippen LogP contribution in [-0.2, 0) is 22.6 Å². The van der Waals surface area contributed by atoms with Crippen LogP contribution in [0.1, 0.15) is 51.8 Å². The molecule has 0 fully saturated rings. The second kappa shape index (κ2) is 11.5. The van der Waals surface area contributed by atoms with Gasteiger partial charge >= 0.3 is 5.97 Å². The Hall–Kier alpha value is -3.48. The van der Waals surface area contributed by atoms with Gasteiger partial charge in [0.25, 0.3) is 17.4 Å². The Morgan fingerprint density at radius 1 is 1.28 bits per heavy atom. The zero-order valence-corrected chi connectivity index (χ0v) is 21.0. The van der Waals surface area contributed by atoms with Crippen LogP contribution in [0.4, 0.5) is 5.69 Å². The van der Waals surface area contributed by atoms with Crippen LogP contribution in [0.25, 0.3) is 10.2 Å². The highest BCUT2D eigenvalue weighted by Gasteiger charge is 2.31. The van der Waals surface area contributed by atoms with Crippen LogP contribution in [0.3, 0.4) is 0 Å². The molecule has 0 spiro atoms. The van der Waals surface area contributed by atoms with E-state index in [2.05, 4.69) is 26.3 Å². The fourth-order valence-electron chi connectivity index (χ4n) is 4.27. The van der Waals surface area contributed by atoms with Crippen molar-refractivity contribution in [1.82, 2.24) is 15.3 Å². The van der Waals surface area contributed by atoms with Gasteiger partial charge in [-0.1, -0.05) is 12.5 Å². The molecule has 11 nitrogen and oxygen atoms in total. The maximum atomic E-state index is 12.9. The van der Waals surface area contributed by atoms with Crippen molar-refractivity contribution in [3.8, 4) is 5.75 Å². The maximum Gasteiger partial charge on any atom is 0.311 e. The van der Waals surface area contributed by atoms with Gasteiger partial charge < -0.3 is 31.2 Å². The van der Waals surface area contributed by atoms with Gasteiger partial charge in [0, 0.05) is 11.4 Å². The van der Waals surface area contributed by atoms with E-state index < -0.39 is 23.4 Å². The number of fused-ring (bicyclic) bond motifs is 4. The number of hydrogen-bond donors (Lipinski definition) is 5. The average molecular weight is 536 g/mol. The van der Waals surface area contributed by atoms with Gasteiger partial charge in [0.1, 0.15) is 10.6 Å². The molecule has 2 aliphatic rings. The third kappa shape index (κ3) is 5.35. The van der Waals surface area contributed by atoms with E-state index in [0.717, 1.165) is 23.3 Å². The number of carboxylic acid groups (broad SMARTS) is 1. The Morgan fingerprint density at radius 3 is 2.81 bits per heavy atom. The summed E-state index contributed by atoms with van der Waals surface area (Å²) in [6, 6.07) is 5.17. The molecule has 0 radical (unpaired) electrons. The number of benzene rings is 1. The lowest BCUT2D eigenvalue weighted by atomic mass is 9.95. The zero-order chi connectivity index (χ0) is 25.1. The summed E-state index contributed by atoms with van der Waals surface area (Å²) in [5.41, 5.74) is 5.78. The number of anilines is 1. The molecule has 13 heteroatoms. The zero-order valence-electron chi connectivity index (χ0n) is 19.4. The van der Waals surface area contributed by atoms with Crippen LogP contribution < -0.4 is 26.7 Å². The highest BCUT2D eigenvalue weighted by Crippen LogP contribution is 2.39. The standard InChI is InChI=1S/C22H20N4O6S.CH5N.ClH/c27-15-9-32-13-6-5-10(7-12(13)24-15)8-23-20(29)18-25-19(28)17-16-11(22(30)31)3-1-2-4-14(16)33-21(17)26-18;1-2;/h5-7,11H,1-4,8-9H2,(H,23,29)(H,24,27)(H,30,31)(H,25,26,28);2H2,1H3;1H. The summed E-state index contributed by atoms with van der Waals surface area (Å²) in [5.74, 6) is -2.09. The normalized spacial score (nSPS) is 16.1. The first kappa shape index (κ1) is 27.1. The number of nitrogens with two attached hydrogens (primary N) is 1. The van der Waals surface area contributed by atoms with Gasteiger partial charge in [-0.2, -0.15) is 0 Å². The number of ether oxygens (including phenoxy) is 1. The molecular weight excluding hydrogens is 510 g/mol. The number of H-pyrrole nitrogens is 1. The number of thiophene rings is 1. The summed E-state index contributed by atoms with van der Waals surface area (Å²) in [5, 5.41) is 15.4. The molecule has 3 aromatic rings. The predicted molar refractivity (Wildman–Crippen MR) is 137 cm³/mol. The fourth-order valence-corrected chi connectivity index (χ4v) is 5.54. The summed E-state index contributed by atoms with van der Waals surface area (Å²) in [6.07, 6.45) is 2.80. The number of aliphatic carboxylic acids is 1.